The number of aromatic nitrogens is 4. The molecule has 10 heteroatoms. The fraction of sp³-hybridized carbons (Fsp3) is 0.0952. The van der Waals surface area contributed by atoms with Gasteiger partial charge in [-0.25, -0.2) is 0 Å². The van der Waals surface area contributed by atoms with Gasteiger partial charge in [-0.3, -0.25) is 14.5 Å². The van der Waals surface area contributed by atoms with E-state index >= 15 is 0 Å². The molecule has 0 unspecified atom stereocenters. The van der Waals surface area contributed by atoms with Gasteiger partial charge in [-0.15, -0.1) is 10.2 Å². The minimum Gasteiger partial charge on any atom is -0.329 e. The molecule has 0 radical (unpaired) electrons. The summed E-state index contributed by atoms with van der Waals surface area (Å²) in [4.78, 5) is 16.6. The molecule has 8 nitrogen and oxygen atoms in total. The molecule has 2 aromatic carbocycles. The molecule has 1 amide bonds. The van der Waals surface area contributed by atoms with Gasteiger partial charge in [-0.2, -0.15) is 5.10 Å². The highest BCUT2D eigenvalue weighted by molar-refractivity contribution is 7.18. The molecule has 0 saturated carbocycles. The standard InChI is InChI=1S/C21H16ClN7OS/c1-29-11-14(9-24-29)19(30)25-15-4-2-3-12(7-15)20-27-28-21(31-20)26-17-6-5-13-8-23-10-16(13)18(17)22/h2-7,9-11H,8H2,1H3,(H,25,30)(H,26,28). The van der Waals surface area contributed by atoms with E-state index < -0.39 is 0 Å². The van der Waals surface area contributed by atoms with E-state index in [9.17, 15) is 4.79 Å². The van der Waals surface area contributed by atoms with Crippen LogP contribution in [0.4, 0.5) is 16.5 Å². The normalized spacial score (nSPS) is 12.1. The van der Waals surface area contributed by atoms with Crippen molar-refractivity contribution in [1.82, 2.24) is 20.0 Å². The van der Waals surface area contributed by atoms with Crippen molar-refractivity contribution in [3.63, 3.8) is 0 Å². The van der Waals surface area contributed by atoms with Crippen LogP contribution in [0.3, 0.4) is 0 Å². The molecule has 0 spiro atoms. The summed E-state index contributed by atoms with van der Waals surface area (Å²) in [6, 6.07) is 11.4. The third-order valence-corrected chi connectivity index (χ3v) is 6.05. The first-order chi connectivity index (χ1) is 15.1. The average Bonchev–Trinajstić information content (AvgIpc) is 3.51. The number of carbonyl (C=O) groups is 1. The van der Waals surface area contributed by atoms with Gasteiger partial charge in [0.05, 0.1) is 29.0 Å². The molecular weight excluding hydrogens is 434 g/mol. The van der Waals surface area contributed by atoms with Crippen LogP contribution < -0.4 is 10.6 Å². The first kappa shape index (κ1) is 19.4. The number of fused-ring (bicyclic) bond motifs is 1. The zero-order valence-corrected chi connectivity index (χ0v) is 17.9. The van der Waals surface area contributed by atoms with Gasteiger partial charge in [0.15, 0.2) is 0 Å². The summed E-state index contributed by atoms with van der Waals surface area (Å²) in [6.45, 7) is 0.659. The maximum atomic E-state index is 12.4. The summed E-state index contributed by atoms with van der Waals surface area (Å²) in [5, 5.41) is 20.6. The third kappa shape index (κ3) is 3.92. The Morgan fingerprint density at radius 1 is 1.23 bits per heavy atom. The van der Waals surface area contributed by atoms with Crippen molar-refractivity contribution in [2.24, 2.45) is 12.0 Å². The maximum absolute atomic E-state index is 12.4. The van der Waals surface area contributed by atoms with E-state index in [4.69, 9.17) is 11.6 Å². The largest absolute Gasteiger partial charge is 0.329 e. The molecular formula is C21H16ClN7OS. The van der Waals surface area contributed by atoms with E-state index in [1.807, 2.05) is 36.4 Å². The van der Waals surface area contributed by atoms with E-state index in [0.29, 0.717) is 27.9 Å². The van der Waals surface area contributed by atoms with E-state index in [0.717, 1.165) is 27.4 Å². The Labute approximate surface area is 186 Å². The Hall–Kier alpha value is -3.56. The van der Waals surface area contributed by atoms with Crippen molar-refractivity contribution >= 4 is 51.6 Å². The Kier molecular flexibility index (Phi) is 4.97. The topological polar surface area (TPSA) is 97.1 Å². The van der Waals surface area contributed by atoms with Crippen LogP contribution in [0.25, 0.3) is 10.6 Å². The molecule has 0 fully saturated rings. The summed E-state index contributed by atoms with van der Waals surface area (Å²) >= 11 is 7.90. The third-order valence-electron chi connectivity index (χ3n) is 4.75. The molecule has 2 N–H and O–H groups in total. The Bertz CT molecular complexity index is 1330. The summed E-state index contributed by atoms with van der Waals surface area (Å²) in [7, 11) is 1.77. The number of nitrogens with zero attached hydrogens (tertiary/aromatic N) is 5. The lowest BCUT2D eigenvalue weighted by molar-refractivity contribution is 0.102. The number of carbonyl (C=O) groups excluding carboxylic acids is 1. The van der Waals surface area contributed by atoms with E-state index in [-0.39, 0.29) is 5.91 Å². The molecule has 154 valence electrons. The van der Waals surface area contributed by atoms with Crippen LogP contribution in [0.1, 0.15) is 21.5 Å². The van der Waals surface area contributed by atoms with Gasteiger partial charge in [0, 0.05) is 36.3 Å². The number of halogens is 1. The van der Waals surface area contributed by atoms with E-state index in [2.05, 4.69) is 30.9 Å². The second kappa shape index (κ2) is 7.93. The minimum atomic E-state index is -0.223. The van der Waals surface area contributed by atoms with Crippen molar-refractivity contribution in [3.05, 3.63) is 70.5 Å². The highest BCUT2D eigenvalue weighted by Gasteiger charge is 2.15. The van der Waals surface area contributed by atoms with Crippen LogP contribution >= 0.6 is 22.9 Å². The van der Waals surface area contributed by atoms with E-state index in [1.165, 1.54) is 17.5 Å². The monoisotopic (exact) mass is 449 g/mol. The predicted octanol–water partition coefficient (Wildman–Crippen LogP) is 4.52. The Morgan fingerprint density at radius 2 is 2.13 bits per heavy atom. The molecule has 0 saturated heterocycles. The lowest BCUT2D eigenvalue weighted by Crippen LogP contribution is -2.11. The molecule has 5 rings (SSSR count). The molecule has 0 aliphatic carbocycles. The molecule has 1 aliphatic rings. The molecule has 1 aliphatic heterocycles. The van der Waals surface area contributed by atoms with Crippen molar-refractivity contribution in [2.45, 2.75) is 6.54 Å². The van der Waals surface area contributed by atoms with E-state index in [1.54, 1.807) is 24.1 Å². The second-order valence-electron chi connectivity index (χ2n) is 6.94. The fourth-order valence-corrected chi connectivity index (χ4v) is 4.25. The van der Waals surface area contributed by atoms with Crippen LogP contribution in [0.2, 0.25) is 5.02 Å². The van der Waals surface area contributed by atoms with Gasteiger partial charge >= 0.3 is 0 Å². The molecule has 0 atom stereocenters. The summed E-state index contributed by atoms with van der Waals surface area (Å²) in [5.41, 5.74) is 4.81. The van der Waals surface area contributed by atoms with Crippen LogP contribution in [0.15, 0.2) is 53.8 Å². The van der Waals surface area contributed by atoms with Gasteiger partial charge in [0.1, 0.15) is 5.01 Å². The van der Waals surface area contributed by atoms with Crippen molar-refractivity contribution in [3.8, 4) is 10.6 Å². The van der Waals surface area contributed by atoms with Gasteiger partial charge in [-0.05, 0) is 23.8 Å². The Balaban J connectivity index is 1.34. The summed E-state index contributed by atoms with van der Waals surface area (Å²) < 4.78 is 1.58. The zero-order chi connectivity index (χ0) is 21.4. The number of nitrogens with one attached hydrogen (secondary N) is 2. The molecule has 3 heterocycles. The number of anilines is 3. The highest BCUT2D eigenvalue weighted by Crippen LogP contribution is 2.35. The number of amides is 1. The van der Waals surface area contributed by atoms with Gasteiger partial charge in [-0.1, -0.05) is 41.1 Å². The molecule has 0 bridgehead atoms. The van der Waals surface area contributed by atoms with Gasteiger partial charge < -0.3 is 10.6 Å². The quantitative estimate of drug-likeness (QED) is 0.467. The van der Waals surface area contributed by atoms with Crippen molar-refractivity contribution in [2.75, 3.05) is 10.6 Å². The van der Waals surface area contributed by atoms with Crippen molar-refractivity contribution < 1.29 is 4.79 Å². The first-order valence-corrected chi connectivity index (χ1v) is 10.6. The number of aliphatic imine (C=N–C) groups is 1. The lowest BCUT2D eigenvalue weighted by Gasteiger charge is -2.08. The number of benzene rings is 2. The fourth-order valence-electron chi connectivity index (χ4n) is 3.22. The van der Waals surface area contributed by atoms with Crippen LogP contribution in [0, 0.1) is 0 Å². The maximum Gasteiger partial charge on any atom is 0.258 e. The molecule has 4 aromatic rings. The molecule has 31 heavy (non-hydrogen) atoms. The number of rotatable bonds is 5. The Morgan fingerprint density at radius 3 is 2.97 bits per heavy atom. The number of aryl methyl sites for hydroxylation is 1. The highest BCUT2D eigenvalue weighted by atomic mass is 35.5. The predicted molar refractivity (Wildman–Crippen MR) is 123 cm³/mol. The first-order valence-electron chi connectivity index (χ1n) is 9.39. The van der Waals surface area contributed by atoms with Crippen LogP contribution in [-0.4, -0.2) is 32.1 Å². The zero-order valence-electron chi connectivity index (χ0n) is 16.3. The van der Waals surface area contributed by atoms with Crippen molar-refractivity contribution in [1.29, 1.82) is 0 Å². The van der Waals surface area contributed by atoms with Gasteiger partial charge in [0.25, 0.3) is 5.91 Å². The number of hydrogen-bond acceptors (Lipinski definition) is 7. The smallest absolute Gasteiger partial charge is 0.258 e. The number of hydrogen-bond donors (Lipinski definition) is 2. The summed E-state index contributed by atoms with van der Waals surface area (Å²) in [6.07, 6.45) is 4.98. The minimum absolute atomic E-state index is 0.223. The average molecular weight is 450 g/mol. The van der Waals surface area contributed by atoms with Gasteiger partial charge in [0.2, 0.25) is 5.13 Å². The molecule has 2 aromatic heterocycles. The van der Waals surface area contributed by atoms with Crippen LogP contribution in [0.5, 0.6) is 0 Å². The lowest BCUT2D eigenvalue weighted by atomic mass is 10.1. The second-order valence-corrected chi connectivity index (χ2v) is 8.30. The van der Waals surface area contributed by atoms with Crippen LogP contribution in [-0.2, 0) is 13.6 Å². The SMILES string of the molecule is Cn1cc(C(=O)Nc2cccc(-c3nnc(Nc4ccc5c(c4Cl)C=NC5)s3)c2)cn1. The summed E-state index contributed by atoms with van der Waals surface area (Å²) in [5.74, 6) is -0.223.